The number of likely N-dealkylation sites (tertiary alicyclic amines) is 1. The Kier molecular flexibility index (Phi) is 7.74. The number of rotatable bonds is 8. The van der Waals surface area contributed by atoms with Crippen molar-refractivity contribution in [2.24, 2.45) is 0 Å². The first-order chi connectivity index (χ1) is 8.79. The molecule has 0 spiro atoms. The van der Waals surface area contributed by atoms with Gasteiger partial charge in [0.15, 0.2) is 0 Å². The summed E-state index contributed by atoms with van der Waals surface area (Å²) in [5, 5.41) is 0. The quantitative estimate of drug-likeness (QED) is 0.378. The molecule has 3 nitrogen and oxygen atoms in total. The van der Waals surface area contributed by atoms with Gasteiger partial charge < -0.3 is 4.74 Å². The van der Waals surface area contributed by atoms with Gasteiger partial charge in [0.25, 0.3) is 0 Å². The maximum atomic E-state index is 11.9. The fourth-order valence-electron chi connectivity index (χ4n) is 2.54. The van der Waals surface area contributed by atoms with Gasteiger partial charge in [0.05, 0.1) is 6.61 Å². The molecule has 1 saturated heterocycles. The van der Waals surface area contributed by atoms with E-state index < -0.39 is 0 Å². The average molecular weight is 253 g/mol. The first-order valence-corrected chi connectivity index (χ1v) is 7.31. The predicted octanol–water partition coefficient (Wildman–Crippen LogP) is 3.15. The van der Waals surface area contributed by atoms with Gasteiger partial charge in [0.1, 0.15) is 6.04 Å². The topological polar surface area (TPSA) is 29.5 Å². The van der Waals surface area contributed by atoms with Crippen molar-refractivity contribution in [1.82, 2.24) is 4.90 Å². The molecule has 1 rings (SSSR count). The van der Waals surface area contributed by atoms with E-state index in [-0.39, 0.29) is 12.0 Å². The second-order valence-corrected chi connectivity index (χ2v) is 4.94. The van der Waals surface area contributed by atoms with E-state index in [0.29, 0.717) is 6.61 Å². The van der Waals surface area contributed by atoms with Gasteiger partial charge in [-0.05, 0) is 52.1 Å². The monoisotopic (exact) mass is 253 g/mol. The average Bonchev–Trinajstić information content (AvgIpc) is 2.39. The number of allylic oxidation sites excluding steroid dienone is 1. The zero-order chi connectivity index (χ0) is 13.2. The third kappa shape index (κ3) is 5.21. The molecule has 0 saturated carbocycles. The molecule has 0 aromatic carbocycles. The van der Waals surface area contributed by atoms with Crippen LogP contribution in [-0.2, 0) is 9.53 Å². The molecule has 18 heavy (non-hydrogen) atoms. The molecule has 3 heteroatoms. The maximum Gasteiger partial charge on any atom is 0.323 e. The molecule has 0 amide bonds. The Bertz CT molecular complexity index is 253. The number of unbranched alkanes of at least 4 members (excludes halogenated alkanes) is 3. The number of esters is 1. The van der Waals surface area contributed by atoms with E-state index in [1.807, 2.05) is 13.0 Å². The Morgan fingerprint density at radius 3 is 2.94 bits per heavy atom. The van der Waals surface area contributed by atoms with Crippen LogP contribution in [0, 0.1) is 0 Å². The highest BCUT2D eigenvalue weighted by atomic mass is 16.5. The van der Waals surface area contributed by atoms with Gasteiger partial charge in [-0.3, -0.25) is 9.69 Å². The molecule has 1 atom stereocenters. The Morgan fingerprint density at radius 1 is 1.39 bits per heavy atom. The van der Waals surface area contributed by atoms with Crippen molar-refractivity contribution in [3.63, 3.8) is 0 Å². The van der Waals surface area contributed by atoms with Crippen LogP contribution in [0.1, 0.15) is 51.9 Å². The molecule has 1 fully saturated rings. The standard InChI is InChI=1S/C15H27NO2/c1-3-5-6-7-9-12-16-13-10-8-11-14(16)15(17)18-4-2/h3,14H,1,4-13H2,2H3. The largest absolute Gasteiger partial charge is 0.465 e. The number of piperidine rings is 1. The molecule has 0 N–H and O–H groups in total. The van der Waals surface area contributed by atoms with Crippen LogP contribution >= 0.6 is 0 Å². The van der Waals surface area contributed by atoms with Crippen molar-refractivity contribution in [2.75, 3.05) is 19.7 Å². The van der Waals surface area contributed by atoms with Gasteiger partial charge >= 0.3 is 5.97 Å². The summed E-state index contributed by atoms with van der Waals surface area (Å²) >= 11 is 0. The van der Waals surface area contributed by atoms with Gasteiger partial charge in [-0.2, -0.15) is 0 Å². The van der Waals surface area contributed by atoms with Crippen molar-refractivity contribution in [2.45, 2.75) is 57.9 Å². The molecule has 0 aromatic heterocycles. The van der Waals surface area contributed by atoms with E-state index in [9.17, 15) is 4.79 Å². The zero-order valence-corrected chi connectivity index (χ0v) is 11.7. The molecule has 1 unspecified atom stereocenters. The summed E-state index contributed by atoms with van der Waals surface area (Å²) in [5.41, 5.74) is 0. The van der Waals surface area contributed by atoms with E-state index in [4.69, 9.17) is 4.74 Å². The zero-order valence-electron chi connectivity index (χ0n) is 11.7. The Morgan fingerprint density at radius 2 is 2.22 bits per heavy atom. The van der Waals surface area contributed by atoms with Gasteiger partial charge in [-0.25, -0.2) is 0 Å². The summed E-state index contributed by atoms with van der Waals surface area (Å²) in [6.45, 7) is 8.17. The molecule has 1 aliphatic rings. The van der Waals surface area contributed by atoms with Crippen LogP contribution in [0.25, 0.3) is 0 Å². The van der Waals surface area contributed by atoms with E-state index in [1.54, 1.807) is 0 Å². The lowest BCUT2D eigenvalue weighted by Crippen LogP contribution is -2.45. The lowest BCUT2D eigenvalue weighted by molar-refractivity contribution is -0.150. The summed E-state index contributed by atoms with van der Waals surface area (Å²) in [4.78, 5) is 14.2. The Balaban J connectivity index is 2.30. The van der Waals surface area contributed by atoms with Crippen molar-refractivity contribution >= 4 is 5.97 Å². The molecule has 104 valence electrons. The summed E-state index contributed by atoms with van der Waals surface area (Å²) < 4.78 is 5.16. The van der Waals surface area contributed by atoms with Crippen LogP contribution in [0.2, 0.25) is 0 Å². The minimum Gasteiger partial charge on any atom is -0.465 e. The number of ether oxygens (including phenoxy) is 1. The van der Waals surface area contributed by atoms with E-state index >= 15 is 0 Å². The third-order valence-electron chi connectivity index (χ3n) is 3.53. The van der Waals surface area contributed by atoms with E-state index in [2.05, 4.69) is 11.5 Å². The van der Waals surface area contributed by atoms with Crippen LogP contribution in [0.3, 0.4) is 0 Å². The predicted molar refractivity (Wildman–Crippen MR) is 74.5 cm³/mol. The van der Waals surface area contributed by atoms with Crippen molar-refractivity contribution < 1.29 is 9.53 Å². The van der Waals surface area contributed by atoms with Crippen LogP contribution in [0.15, 0.2) is 12.7 Å². The minimum absolute atomic E-state index is 0.0121. The second-order valence-electron chi connectivity index (χ2n) is 4.94. The molecule has 0 radical (unpaired) electrons. The fourth-order valence-corrected chi connectivity index (χ4v) is 2.54. The third-order valence-corrected chi connectivity index (χ3v) is 3.53. The smallest absolute Gasteiger partial charge is 0.323 e. The van der Waals surface area contributed by atoms with E-state index in [0.717, 1.165) is 32.4 Å². The van der Waals surface area contributed by atoms with E-state index in [1.165, 1.54) is 25.7 Å². The van der Waals surface area contributed by atoms with Crippen LogP contribution < -0.4 is 0 Å². The summed E-state index contributed by atoms with van der Waals surface area (Å²) in [5.74, 6) is -0.0247. The van der Waals surface area contributed by atoms with Gasteiger partial charge in [-0.1, -0.05) is 18.9 Å². The Hall–Kier alpha value is -0.830. The summed E-state index contributed by atoms with van der Waals surface area (Å²) in [6, 6.07) is 0.0121. The summed E-state index contributed by atoms with van der Waals surface area (Å²) in [6.07, 6.45) is 10.00. The van der Waals surface area contributed by atoms with Gasteiger partial charge in [0.2, 0.25) is 0 Å². The highest BCUT2D eigenvalue weighted by Crippen LogP contribution is 2.19. The molecule has 0 aromatic rings. The normalized spacial score (nSPS) is 20.6. The summed E-state index contributed by atoms with van der Waals surface area (Å²) in [7, 11) is 0. The molecular weight excluding hydrogens is 226 g/mol. The Labute approximate surface area is 111 Å². The van der Waals surface area contributed by atoms with Gasteiger partial charge in [-0.15, -0.1) is 6.58 Å². The highest BCUT2D eigenvalue weighted by molar-refractivity contribution is 5.75. The van der Waals surface area contributed by atoms with Crippen molar-refractivity contribution in [1.29, 1.82) is 0 Å². The van der Waals surface area contributed by atoms with Crippen LogP contribution in [-0.4, -0.2) is 36.6 Å². The lowest BCUT2D eigenvalue weighted by atomic mass is 10.0. The van der Waals surface area contributed by atoms with Gasteiger partial charge in [0, 0.05) is 0 Å². The number of hydrogen-bond acceptors (Lipinski definition) is 3. The fraction of sp³-hybridized carbons (Fsp3) is 0.800. The molecule has 1 aliphatic heterocycles. The highest BCUT2D eigenvalue weighted by Gasteiger charge is 2.28. The lowest BCUT2D eigenvalue weighted by Gasteiger charge is -2.33. The van der Waals surface area contributed by atoms with Crippen LogP contribution in [0.5, 0.6) is 0 Å². The first-order valence-electron chi connectivity index (χ1n) is 7.31. The molecule has 1 heterocycles. The van der Waals surface area contributed by atoms with Crippen molar-refractivity contribution in [3.8, 4) is 0 Å². The molecule has 0 bridgehead atoms. The number of hydrogen-bond donors (Lipinski definition) is 0. The minimum atomic E-state index is -0.0247. The molecule has 0 aliphatic carbocycles. The number of carbonyl (C=O) groups is 1. The number of carbonyl (C=O) groups excluding carboxylic acids is 1. The SMILES string of the molecule is C=CCCCCCN1CCCCC1C(=O)OCC. The maximum absolute atomic E-state index is 11.9. The second kappa shape index (κ2) is 9.15. The number of nitrogens with zero attached hydrogens (tertiary/aromatic N) is 1. The van der Waals surface area contributed by atoms with Crippen molar-refractivity contribution in [3.05, 3.63) is 12.7 Å². The van der Waals surface area contributed by atoms with Crippen LogP contribution in [0.4, 0.5) is 0 Å². The molecular formula is C15H27NO2. The first kappa shape index (κ1) is 15.2.